The first-order chi connectivity index (χ1) is 9.90. The molecule has 110 valence electrons. The number of nitro benzene ring substituents is 1. The molecule has 2 aromatic carbocycles. The normalized spacial score (nSPS) is 12.1. The van der Waals surface area contributed by atoms with Gasteiger partial charge in [-0.3, -0.25) is 14.3 Å². The van der Waals surface area contributed by atoms with Gasteiger partial charge in [-0.2, -0.15) is 4.39 Å². The van der Waals surface area contributed by atoms with E-state index in [-0.39, 0.29) is 21.9 Å². The average Bonchev–Trinajstić information content (AvgIpc) is 2.43. The molecule has 0 saturated heterocycles. The van der Waals surface area contributed by atoms with Crippen LogP contribution in [0.5, 0.6) is 0 Å². The predicted molar refractivity (Wildman–Crippen MR) is 74.0 cm³/mol. The van der Waals surface area contributed by atoms with Gasteiger partial charge >= 0.3 is 5.69 Å². The topological polar surface area (TPSA) is 86.2 Å². The van der Waals surface area contributed by atoms with Gasteiger partial charge in [0.05, 0.1) is 27.2 Å². The Morgan fingerprint density at radius 2 is 1.95 bits per heavy atom. The van der Waals surface area contributed by atoms with Gasteiger partial charge < -0.3 is 5.73 Å². The molecule has 0 heterocycles. The number of anilines is 1. The fourth-order valence-corrected chi connectivity index (χ4v) is 2.82. The Morgan fingerprint density at radius 3 is 2.57 bits per heavy atom. The maximum atomic E-state index is 13.9. The van der Waals surface area contributed by atoms with Crippen LogP contribution in [0.2, 0.25) is 0 Å². The van der Waals surface area contributed by atoms with E-state index in [1.54, 1.807) is 0 Å². The van der Waals surface area contributed by atoms with E-state index in [4.69, 9.17) is 5.73 Å². The van der Waals surface area contributed by atoms with Gasteiger partial charge in [-0.1, -0.05) is 12.1 Å². The smallest absolute Gasteiger partial charge is 0.305 e. The van der Waals surface area contributed by atoms with Gasteiger partial charge in [0.2, 0.25) is 5.82 Å². The van der Waals surface area contributed by atoms with Crippen LogP contribution in [0.3, 0.4) is 0 Å². The molecule has 1 unspecified atom stereocenters. The van der Waals surface area contributed by atoms with Crippen LogP contribution in [0.25, 0.3) is 0 Å². The van der Waals surface area contributed by atoms with Crippen molar-refractivity contribution in [2.75, 3.05) is 5.73 Å². The van der Waals surface area contributed by atoms with Crippen molar-refractivity contribution in [1.82, 2.24) is 0 Å². The molecule has 0 radical (unpaired) electrons. The van der Waals surface area contributed by atoms with Gasteiger partial charge in [0.15, 0.2) is 0 Å². The van der Waals surface area contributed by atoms with Gasteiger partial charge in [-0.25, -0.2) is 4.39 Å². The molecule has 8 heteroatoms. The summed E-state index contributed by atoms with van der Waals surface area (Å²) in [7, 11) is -1.74. The molecule has 0 saturated carbocycles. The molecule has 0 amide bonds. The number of nitrogen functional groups attached to an aromatic ring is 1. The second-order valence-electron chi connectivity index (χ2n) is 4.18. The number of hydrogen-bond acceptors (Lipinski definition) is 4. The van der Waals surface area contributed by atoms with Crippen molar-refractivity contribution in [3.63, 3.8) is 0 Å². The van der Waals surface area contributed by atoms with Crippen LogP contribution < -0.4 is 5.73 Å². The summed E-state index contributed by atoms with van der Waals surface area (Å²) in [6.45, 7) is 0. The van der Waals surface area contributed by atoms with Crippen molar-refractivity contribution in [3.8, 4) is 0 Å². The van der Waals surface area contributed by atoms with Crippen molar-refractivity contribution in [1.29, 1.82) is 0 Å². The Balaban J connectivity index is 2.29. The highest BCUT2D eigenvalue weighted by molar-refractivity contribution is 7.84. The lowest BCUT2D eigenvalue weighted by Crippen LogP contribution is -2.03. The summed E-state index contributed by atoms with van der Waals surface area (Å²) >= 11 is 0. The molecule has 0 aliphatic carbocycles. The minimum atomic E-state index is -1.74. The molecule has 2 N–H and O–H groups in total. The number of benzene rings is 2. The molecule has 0 aliphatic heterocycles. The zero-order valence-electron chi connectivity index (χ0n) is 10.6. The van der Waals surface area contributed by atoms with Gasteiger partial charge in [-0.15, -0.1) is 0 Å². The fourth-order valence-electron chi connectivity index (χ4n) is 1.69. The summed E-state index contributed by atoms with van der Waals surface area (Å²) in [5.74, 6) is -2.05. The molecule has 21 heavy (non-hydrogen) atoms. The van der Waals surface area contributed by atoms with Crippen molar-refractivity contribution in [2.45, 2.75) is 10.6 Å². The molecule has 2 aromatic rings. The standard InChI is InChI=1S/C13H10F2N2O3S/c14-10-6-9(4-5-11(10)16)21(20)7-8-2-1-3-12(13(8)15)17(18)19/h1-6H,7,16H2. The van der Waals surface area contributed by atoms with E-state index in [9.17, 15) is 23.1 Å². The van der Waals surface area contributed by atoms with Crippen molar-refractivity contribution in [3.05, 3.63) is 63.7 Å². The molecule has 0 bridgehead atoms. The third kappa shape index (κ3) is 3.22. The minimum Gasteiger partial charge on any atom is -0.396 e. The average molecular weight is 312 g/mol. The molecule has 2 rings (SSSR count). The Kier molecular flexibility index (Phi) is 4.27. The van der Waals surface area contributed by atoms with Crippen LogP contribution in [-0.4, -0.2) is 9.13 Å². The summed E-state index contributed by atoms with van der Waals surface area (Å²) in [6, 6.07) is 7.24. The van der Waals surface area contributed by atoms with E-state index in [0.717, 1.165) is 12.1 Å². The summed E-state index contributed by atoms with van der Waals surface area (Å²) in [5.41, 5.74) is 4.47. The molecule has 0 fully saturated rings. The zero-order chi connectivity index (χ0) is 15.6. The van der Waals surface area contributed by atoms with Gasteiger partial charge in [0.1, 0.15) is 5.82 Å². The molecule has 0 spiro atoms. The molecular weight excluding hydrogens is 302 g/mol. The van der Waals surface area contributed by atoms with Gasteiger partial charge in [-0.05, 0) is 18.2 Å². The number of hydrogen-bond donors (Lipinski definition) is 1. The number of nitrogens with two attached hydrogens (primary N) is 1. The SMILES string of the molecule is Nc1ccc(S(=O)Cc2cccc([N+](=O)[O-])c2F)cc1F. The number of nitrogens with zero attached hydrogens (tertiary/aromatic N) is 1. The number of rotatable bonds is 4. The first kappa shape index (κ1) is 15.0. The second-order valence-corrected chi connectivity index (χ2v) is 5.63. The van der Waals surface area contributed by atoms with Crippen LogP contribution in [0.15, 0.2) is 41.3 Å². The van der Waals surface area contributed by atoms with E-state index in [1.165, 1.54) is 24.3 Å². The summed E-state index contributed by atoms with van der Waals surface area (Å²) in [4.78, 5) is 9.91. The van der Waals surface area contributed by atoms with Crippen LogP contribution in [0.1, 0.15) is 5.56 Å². The minimum absolute atomic E-state index is 0.0697. The first-order valence-electron chi connectivity index (χ1n) is 5.75. The highest BCUT2D eigenvalue weighted by atomic mass is 32.2. The monoisotopic (exact) mass is 312 g/mol. The molecule has 0 aromatic heterocycles. The summed E-state index contributed by atoms with van der Waals surface area (Å²) < 4.78 is 39.3. The molecule has 5 nitrogen and oxygen atoms in total. The Morgan fingerprint density at radius 1 is 1.24 bits per heavy atom. The number of halogens is 2. The van der Waals surface area contributed by atoms with Gasteiger partial charge in [0, 0.05) is 16.5 Å². The largest absolute Gasteiger partial charge is 0.396 e. The second kappa shape index (κ2) is 5.96. The van der Waals surface area contributed by atoms with Crippen molar-refractivity contribution >= 4 is 22.2 Å². The molecular formula is C13H10F2N2O3S. The molecule has 1 atom stereocenters. The maximum absolute atomic E-state index is 13.9. The Bertz CT molecular complexity index is 737. The van der Waals surface area contributed by atoms with Crippen LogP contribution in [0.4, 0.5) is 20.2 Å². The lowest BCUT2D eigenvalue weighted by Gasteiger charge is -2.05. The zero-order valence-corrected chi connectivity index (χ0v) is 11.4. The summed E-state index contributed by atoms with van der Waals surface area (Å²) in [5, 5.41) is 10.6. The Labute approximate surface area is 121 Å². The van der Waals surface area contributed by atoms with E-state index in [0.29, 0.717) is 0 Å². The third-order valence-corrected chi connectivity index (χ3v) is 4.13. The highest BCUT2D eigenvalue weighted by Crippen LogP contribution is 2.23. The first-order valence-corrected chi connectivity index (χ1v) is 7.07. The van der Waals surface area contributed by atoms with Crippen LogP contribution >= 0.6 is 0 Å². The van der Waals surface area contributed by atoms with Crippen LogP contribution in [0, 0.1) is 21.7 Å². The lowest BCUT2D eigenvalue weighted by atomic mass is 10.2. The van der Waals surface area contributed by atoms with E-state index in [1.807, 2.05) is 0 Å². The third-order valence-electron chi connectivity index (χ3n) is 2.78. The Hall–Kier alpha value is -2.35. The van der Waals surface area contributed by atoms with E-state index < -0.39 is 33.0 Å². The fraction of sp³-hybridized carbons (Fsp3) is 0.0769. The van der Waals surface area contributed by atoms with E-state index in [2.05, 4.69) is 0 Å². The summed E-state index contributed by atoms with van der Waals surface area (Å²) in [6.07, 6.45) is 0. The van der Waals surface area contributed by atoms with Gasteiger partial charge in [0.25, 0.3) is 0 Å². The van der Waals surface area contributed by atoms with Crippen LogP contribution in [-0.2, 0) is 16.6 Å². The maximum Gasteiger partial charge on any atom is 0.305 e. The molecule has 0 aliphatic rings. The van der Waals surface area contributed by atoms with Crippen molar-refractivity contribution in [2.24, 2.45) is 0 Å². The number of nitro groups is 1. The van der Waals surface area contributed by atoms with E-state index >= 15 is 0 Å². The van der Waals surface area contributed by atoms with Crippen molar-refractivity contribution < 1.29 is 17.9 Å². The predicted octanol–water partition coefficient (Wildman–Crippen LogP) is 2.76. The lowest BCUT2D eigenvalue weighted by molar-refractivity contribution is -0.387. The highest BCUT2D eigenvalue weighted by Gasteiger charge is 2.19. The quantitative estimate of drug-likeness (QED) is 0.534.